The molecule has 118 valence electrons. The van der Waals surface area contributed by atoms with Gasteiger partial charge in [-0.2, -0.15) is 0 Å². The molecule has 4 nitrogen and oxygen atoms in total. The Bertz CT molecular complexity index is 866. The van der Waals surface area contributed by atoms with E-state index < -0.39 is 6.17 Å². The fourth-order valence-electron chi connectivity index (χ4n) is 2.91. The number of aromatic nitrogens is 3. The zero-order valence-electron chi connectivity index (χ0n) is 12.1. The standard InChI is InChI=1S/C16H13Cl2FN4/c17-12-2-1-11-13(23-6-4-20-9-23)7-14(21-16(11)15(12)18)22-5-3-10(19)8-22/h1-2,4,6-7,9-10H,3,5,8H2/t10-/m0/s1. The Balaban J connectivity index is 1.96. The van der Waals surface area contributed by atoms with Crippen molar-refractivity contribution in [2.45, 2.75) is 12.6 Å². The highest BCUT2D eigenvalue weighted by Crippen LogP contribution is 2.35. The van der Waals surface area contributed by atoms with Crippen LogP contribution in [0.5, 0.6) is 0 Å². The van der Waals surface area contributed by atoms with E-state index in [0.717, 1.165) is 11.1 Å². The third kappa shape index (κ3) is 2.54. The van der Waals surface area contributed by atoms with Gasteiger partial charge >= 0.3 is 0 Å². The van der Waals surface area contributed by atoms with Gasteiger partial charge in [0.25, 0.3) is 0 Å². The highest BCUT2D eigenvalue weighted by Gasteiger charge is 2.24. The SMILES string of the molecule is F[C@H]1CCN(c2cc(-n3ccnc3)c3ccc(Cl)c(Cl)c3n2)C1. The zero-order chi connectivity index (χ0) is 16.0. The van der Waals surface area contributed by atoms with E-state index in [1.54, 1.807) is 18.6 Å². The van der Waals surface area contributed by atoms with Crippen LogP contribution in [0.4, 0.5) is 10.2 Å². The summed E-state index contributed by atoms with van der Waals surface area (Å²) in [6.07, 6.45) is 4.96. The topological polar surface area (TPSA) is 34.0 Å². The van der Waals surface area contributed by atoms with Crippen molar-refractivity contribution in [3.8, 4) is 5.69 Å². The normalized spacial score (nSPS) is 18.0. The molecule has 23 heavy (non-hydrogen) atoms. The highest BCUT2D eigenvalue weighted by atomic mass is 35.5. The minimum atomic E-state index is -0.820. The van der Waals surface area contributed by atoms with Crippen molar-refractivity contribution in [1.82, 2.24) is 14.5 Å². The molecule has 4 rings (SSSR count). The molecule has 0 saturated carbocycles. The van der Waals surface area contributed by atoms with E-state index in [-0.39, 0.29) is 0 Å². The van der Waals surface area contributed by atoms with Crippen LogP contribution >= 0.6 is 23.2 Å². The molecule has 0 aliphatic carbocycles. The van der Waals surface area contributed by atoms with E-state index in [1.165, 1.54) is 0 Å². The molecule has 0 amide bonds. The molecule has 1 aliphatic rings. The Hall–Kier alpha value is -1.85. The Morgan fingerprint density at radius 2 is 2.13 bits per heavy atom. The number of imidazole rings is 1. The Morgan fingerprint density at radius 1 is 1.26 bits per heavy atom. The van der Waals surface area contributed by atoms with Crippen LogP contribution < -0.4 is 4.90 Å². The summed E-state index contributed by atoms with van der Waals surface area (Å²) in [5.41, 5.74) is 1.51. The lowest BCUT2D eigenvalue weighted by atomic mass is 10.1. The number of halogens is 3. The summed E-state index contributed by atoms with van der Waals surface area (Å²) in [6, 6.07) is 5.57. The number of hydrogen-bond donors (Lipinski definition) is 0. The Labute approximate surface area is 142 Å². The van der Waals surface area contributed by atoms with Crippen LogP contribution in [0.25, 0.3) is 16.6 Å². The number of anilines is 1. The fourth-order valence-corrected chi connectivity index (χ4v) is 3.27. The van der Waals surface area contributed by atoms with Gasteiger partial charge < -0.3 is 9.47 Å². The van der Waals surface area contributed by atoms with Gasteiger partial charge in [0.15, 0.2) is 0 Å². The second kappa shape index (κ2) is 5.65. The summed E-state index contributed by atoms with van der Waals surface area (Å²) in [4.78, 5) is 10.7. The first-order valence-corrected chi connectivity index (χ1v) is 8.05. The third-order valence-corrected chi connectivity index (χ3v) is 4.87. The van der Waals surface area contributed by atoms with Crippen LogP contribution in [-0.2, 0) is 0 Å². The molecule has 3 aromatic rings. The molecule has 3 heterocycles. The molecule has 1 aliphatic heterocycles. The van der Waals surface area contributed by atoms with Gasteiger partial charge in [0.1, 0.15) is 12.0 Å². The predicted molar refractivity (Wildman–Crippen MR) is 90.6 cm³/mol. The summed E-state index contributed by atoms with van der Waals surface area (Å²) in [7, 11) is 0. The van der Waals surface area contributed by atoms with Gasteiger partial charge in [-0.05, 0) is 18.6 Å². The number of alkyl halides is 1. The molecule has 2 aromatic heterocycles. The molecule has 0 spiro atoms. The lowest BCUT2D eigenvalue weighted by Crippen LogP contribution is -2.21. The molecule has 1 saturated heterocycles. The van der Waals surface area contributed by atoms with E-state index in [1.807, 2.05) is 27.8 Å². The van der Waals surface area contributed by atoms with Crippen molar-refractivity contribution in [2.75, 3.05) is 18.0 Å². The van der Waals surface area contributed by atoms with Crippen LogP contribution in [0.15, 0.2) is 36.9 Å². The molecule has 1 atom stereocenters. The van der Waals surface area contributed by atoms with Crippen molar-refractivity contribution in [3.05, 3.63) is 47.0 Å². The number of rotatable bonds is 2. The van der Waals surface area contributed by atoms with Crippen LogP contribution in [0.3, 0.4) is 0 Å². The second-order valence-electron chi connectivity index (χ2n) is 5.56. The first kappa shape index (κ1) is 14.7. The van der Waals surface area contributed by atoms with Crippen LogP contribution in [-0.4, -0.2) is 33.8 Å². The molecule has 0 unspecified atom stereocenters. The lowest BCUT2D eigenvalue weighted by Gasteiger charge is -2.19. The maximum Gasteiger partial charge on any atom is 0.131 e. The highest BCUT2D eigenvalue weighted by molar-refractivity contribution is 6.45. The average molecular weight is 351 g/mol. The maximum atomic E-state index is 13.6. The Kier molecular flexibility index (Phi) is 3.62. The van der Waals surface area contributed by atoms with Gasteiger partial charge in [-0.15, -0.1) is 0 Å². The molecule has 0 N–H and O–H groups in total. The number of hydrogen-bond acceptors (Lipinski definition) is 3. The molecular weight excluding hydrogens is 338 g/mol. The quantitative estimate of drug-likeness (QED) is 0.691. The van der Waals surface area contributed by atoms with Crippen molar-refractivity contribution in [1.29, 1.82) is 0 Å². The number of benzene rings is 1. The van der Waals surface area contributed by atoms with E-state index in [4.69, 9.17) is 23.2 Å². The smallest absolute Gasteiger partial charge is 0.131 e. The molecule has 1 aromatic carbocycles. The number of pyridine rings is 1. The van der Waals surface area contributed by atoms with Gasteiger partial charge in [-0.3, -0.25) is 0 Å². The van der Waals surface area contributed by atoms with Crippen LogP contribution in [0.1, 0.15) is 6.42 Å². The summed E-state index contributed by atoms with van der Waals surface area (Å²) in [6.45, 7) is 0.987. The second-order valence-corrected chi connectivity index (χ2v) is 6.34. The van der Waals surface area contributed by atoms with Gasteiger partial charge in [0.2, 0.25) is 0 Å². The number of fused-ring (bicyclic) bond motifs is 1. The van der Waals surface area contributed by atoms with E-state index in [9.17, 15) is 4.39 Å². The molecule has 0 bridgehead atoms. The first-order valence-electron chi connectivity index (χ1n) is 7.29. The summed E-state index contributed by atoms with van der Waals surface area (Å²) in [5, 5.41) is 1.73. The van der Waals surface area contributed by atoms with E-state index in [0.29, 0.717) is 40.9 Å². The molecular formula is C16H13Cl2FN4. The molecule has 7 heteroatoms. The minimum absolute atomic E-state index is 0.347. The fraction of sp³-hybridized carbons (Fsp3) is 0.250. The van der Waals surface area contributed by atoms with E-state index >= 15 is 0 Å². The van der Waals surface area contributed by atoms with Gasteiger partial charge in [-0.1, -0.05) is 23.2 Å². The van der Waals surface area contributed by atoms with Gasteiger partial charge in [0, 0.05) is 30.4 Å². The van der Waals surface area contributed by atoms with Crippen LogP contribution in [0, 0.1) is 0 Å². The monoisotopic (exact) mass is 350 g/mol. The van der Waals surface area contributed by atoms with Crippen molar-refractivity contribution in [2.24, 2.45) is 0 Å². The first-order chi connectivity index (χ1) is 11.1. The van der Waals surface area contributed by atoms with Gasteiger partial charge in [-0.25, -0.2) is 14.4 Å². The minimum Gasteiger partial charge on any atom is -0.354 e. The number of nitrogens with zero attached hydrogens (tertiary/aromatic N) is 4. The van der Waals surface area contributed by atoms with Crippen LogP contribution in [0.2, 0.25) is 10.0 Å². The molecule has 0 radical (unpaired) electrons. The summed E-state index contributed by atoms with van der Waals surface area (Å²) in [5.74, 6) is 0.700. The van der Waals surface area contributed by atoms with Crippen molar-refractivity contribution < 1.29 is 4.39 Å². The van der Waals surface area contributed by atoms with Crippen molar-refractivity contribution >= 4 is 39.9 Å². The predicted octanol–water partition coefficient (Wildman–Crippen LogP) is 4.28. The molecule has 1 fully saturated rings. The largest absolute Gasteiger partial charge is 0.354 e. The summed E-state index contributed by atoms with van der Waals surface area (Å²) >= 11 is 12.5. The van der Waals surface area contributed by atoms with Gasteiger partial charge in [0.05, 0.1) is 34.1 Å². The van der Waals surface area contributed by atoms with Crippen molar-refractivity contribution in [3.63, 3.8) is 0 Å². The third-order valence-electron chi connectivity index (χ3n) is 4.07. The zero-order valence-corrected chi connectivity index (χ0v) is 13.6. The average Bonchev–Trinajstić information content (AvgIpc) is 3.21. The Morgan fingerprint density at radius 3 is 2.83 bits per heavy atom. The maximum absolute atomic E-state index is 13.6. The van der Waals surface area contributed by atoms with E-state index in [2.05, 4.69) is 9.97 Å². The lowest BCUT2D eigenvalue weighted by molar-refractivity contribution is 0.364. The summed E-state index contributed by atoms with van der Waals surface area (Å²) < 4.78 is 15.4.